The van der Waals surface area contributed by atoms with Crippen LogP contribution >= 0.6 is 0 Å². The second-order valence-electron chi connectivity index (χ2n) is 4.95. The molecule has 0 spiro atoms. The Hall–Kier alpha value is -0.870. The average Bonchev–Trinajstić information content (AvgIpc) is 2.68. The molecule has 104 valence electrons. The Morgan fingerprint density at radius 2 is 2.17 bits per heavy atom. The molecule has 0 bridgehead atoms. The summed E-state index contributed by atoms with van der Waals surface area (Å²) >= 11 is 0. The molecule has 1 heterocycles. The molecule has 0 atom stereocenters. The van der Waals surface area contributed by atoms with E-state index in [1.54, 1.807) is 0 Å². The van der Waals surface area contributed by atoms with Gasteiger partial charge in [-0.2, -0.15) is 0 Å². The molecule has 1 N–H and O–H groups in total. The van der Waals surface area contributed by atoms with Crippen LogP contribution in [0.5, 0.6) is 0 Å². The van der Waals surface area contributed by atoms with Crippen molar-refractivity contribution in [1.29, 1.82) is 0 Å². The van der Waals surface area contributed by atoms with E-state index in [1.807, 2.05) is 13.1 Å². The molecular formula is C14H27N3O. The van der Waals surface area contributed by atoms with Crippen molar-refractivity contribution in [2.45, 2.75) is 59.7 Å². The first-order chi connectivity index (χ1) is 8.65. The Balaban J connectivity index is 2.40. The number of aryl methyl sites for hydroxylation is 1. The number of hydrogen-bond acceptors (Lipinski definition) is 3. The second kappa shape index (κ2) is 8.27. The van der Waals surface area contributed by atoms with Crippen LogP contribution in [0.2, 0.25) is 0 Å². The highest BCUT2D eigenvalue weighted by Gasteiger charge is 2.06. The van der Waals surface area contributed by atoms with Crippen molar-refractivity contribution in [3.63, 3.8) is 0 Å². The van der Waals surface area contributed by atoms with Crippen LogP contribution in [0.15, 0.2) is 6.20 Å². The summed E-state index contributed by atoms with van der Waals surface area (Å²) in [6.45, 7) is 11.9. The summed E-state index contributed by atoms with van der Waals surface area (Å²) in [7, 11) is 0. The lowest BCUT2D eigenvalue weighted by molar-refractivity contribution is 0.122. The lowest BCUT2D eigenvalue weighted by atomic mass is 10.3. The molecule has 0 saturated carbocycles. The maximum absolute atomic E-state index is 5.61. The molecule has 0 aliphatic heterocycles. The van der Waals surface area contributed by atoms with Crippen LogP contribution in [0.3, 0.4) is 0 Å². The van der Waals surface area contributed by atoms with E-state index in [9.17, 15) is 0 Å². The summed E-state index contributed by atoms with van der Waals surface area (Å²) < 4.78 is 7.85. The molecule has 0 aliphatic rings. The summed E-state index contributed by atoms with van der Waals surface area (Å²) in [5, 5.41) is 3.42. The SMILES string of the molecule is CCCCOCCn1c(CNC(C)C)cnc1C. The Kier molecular flexibility index (Phi) is 6.98. The zero-order valence-corrected chi connectivity index (χ0v) is 12.2. The molecule has 1 aromatic heterocycles. The number of aromatic nitrogens is 2. The van der Waals surface area contributed by atoms with Gasteiger partial charge in [0.05, 0.1) is 12.3 Å². The van der Waals surface area contributed by atoms with Gasteiger partial charge in [-0.3, -0.25) is 0 Å². The van der Waals surface area contributed by atoms with E-state index in [1.165, 1.54) is 12.1 Å². The topological polar surface area (TPSA) is 39.1 Å². The van der Waals surface area contributed by atoms with Crippen molar-refractivity contribution in [2.75, 3.05) is 13.2 Å². The molecule has 0 radical (unpaired) electrons. The molecule has 1 rings (SSSR count). The van der Waals surface area contributed by atoms with Crippen molar-refractivity contribution in [2.24, 2.45) is 0 Å². The largest absolute Gasteiger partial charge is 0.380 e. The molecule has 4 heteroatoms. The molecule has 0 aromatic carbocycles. The van der Waals surface area contributed by atoms with Gasteiger partial charge in [-0.15, -0.1) is 0 Å². The molecule has 1 aromatic rings. The monoisotopic (exact) mass is 253 g/mol. The Morgan fingerprint density at radius 3 is 2.83 bits per heavy atom. The van der Waals surface area contributed by atoms with Crippen LogP contribution in [-0.4, -0.2) is 28.8 Å². The average molecular weight is 253 g/mol. The number of rotatable bonds is 9. The Morgan fingerprint density at radius 1 is 1.39 bits per heavy atom. The molecule has 0 unspecified atom stereocenters. The second-order valence-corrected chi connectivity index (χ2v) is 4.95. The molecule has 0 saturated heterocycles. The molecule has 18 heavy (non-hydrogen) atoms. The summed E-state index contributed by atoms with van der Waals surface area (Å²) in [6.07, 6.45) is 4.29. The smallest absolute Gasteiger partial charge is 0.105 e. The molecule has 0 fully saturated rings. The number of nitrogens with one attached hydrogen (secondary N) is 1. The maximum atomic E-state index is 5.61. The van der Waals surface area contributed by atoms with Crippen LogP contribution in [0.1, 0.15) is 45.1 Å². The van der Waals surface area contributed by atoms with Crippen LogP contribution in [-0.2, 0) is 17.8 Å². The predicted molar refractivity (Wildman–Crippen MR) is 74.7 cm³/mol. The van der Waals surface area contributed by atoms with E-state index in [2.05, 4.69) is 35.6 Å². The lowest BCUT2D eigenvalue weighted by Crippen LogP contribution is -2.24. The van der Waals surface area contributed by atoms with Gasteiger partial charge in [0.15, 0.2) is 0 Å². The standard InChI is InChI=1S/C14H27N3O/c1-5-6-8-18-9-7-17-13(4)16-11-14(17)10-15-12(2)3/h11-12,15H,5-10H2,1-4H3. The number of imidazole rings is 1. The fourth-order valence-corrected chi connectivity index (χ4v) is 1.77. The maximum Gasteiger partial charge on any atom is 0.105 e. The van der Waals surface area contributed by atoms with Crippen molar-refractivity contribution in [3.8, 4) is 0 Å². The molecule has 0 aliphatic carbocycles. The predicted octanol–water partition coefficient (Wildman–Crippen LogP) is 2.51. The normalized spacial score (nSPS) is 11.4. The number of ether oxygens (including phenoxy) is 1. The summed E-state index contributed by atoms with van der Waals surface area (Å²) in [5.74, 6) is 1.06. The highest BCUT2D eigenvalue weighted by Crippen LogP contribution is 2.05. The highest BCUT2D eigenvalue weighted by atomic mass is 16.5. The van der Waals surface area contributed by atoms with Gasteiger partial charge >= 0.3 is 0 Å². The van der Waals surface area contributed by atoms with Gasteiger partial charge in [0.25, 0.3) is 0 Å². The zero-order valence-electron chi connectivity index (χ0n) is 12.2. The zero-order chi connectivity index (χ0) is 13.4. The summed E-state index contributed by atoms with van der Waals surface area (Å²) in [4.78, 5) is 4.38. The van der Waals surface area contributed by atoms with Crippen molar-refractivity contribution >= 4 is 0 Å². The van der Waals surface area contributed by atoms with Gasteiger partial charge in [-0.25, -0.2) is 4.98 Å². The van der Waals surface area contributed by atoms with Gasteiger partial charge in [0.2, 0.25) is 0 Å². The van der Waals surface area contributed by atoms with E-state index < -0.39 is 0 Å². The van der Waals surface area contributed by atoms with E-state index in [0.717, 1.165) is 38.5 Å². The molecular weight excluding hydrogens is 226 g/mol. The summed E-state index contributed by atoms with van der Waals surface area (Å²) in [5.41, 5.74) is 1.24. The van der Waals surface area contributed by atoms with Gasteiger partial charge in [0.1, 0.15) is 5.82 Å². The minimum Gasteiger partial charge on any atom is -0.380 e. The van der Waals surface area contributed by atoms with E-state index in [0.29, 0.717) is 6.04 Å². The Labute approximate surface area is 111 Å². The van der Waals surface area contributed by atoms with Crippen LogP contribution < -0.4 is 5.32 Å². The quantitative estimate of drug-likeness (QED) is 0.687. The number of hydrogen-bond donors (Lipinski definition) is 1. The van der Waals surface area contributed by atoms with E-state index in [4.69, 9.17) is 4.74 Å². The van der Waals surface area contributed by atoms with Crippen LogP contribution in [0.4, 0.5) is 0 Å². The minimum absolute atomic E-state index is 0.495. The third kappa shape index (κ3) is 5.19. The summed E-state index contributed by atoms with van der Waals surface area (Å²) in [6, 6.07) is 0.495. The van der Waals surface area contributed by atoms with E-state index in [-0.39, 0.29) is 0 Å². The lowest BCUT2D eigenvalue weighted by Gasteiger charge is -2.13. The van der Waals surface area contributed by atoms with Gasteiger partial charge in [0, 0.05) is 31.9 Å². The molecule has 0 amide bonds. The van der Waals surface area contributed by atoms with Crippen molar-refractivity contribution in [3.05, 3.63) is 17.7 Å². The number of nitrogens with zero attached hydrogens (tertiary/aromatic N) is 2. The number of unbranched alkanes of at least 4 members (excludes halogenated alkanes) is 1. The minimum atomic E-state index is 0.495. The fourth-order valence-electron chi connectivity index (χ4n) is 1.77. The third-order valence-corrected chi connectivity index (χ3v) is 2.93. The van der Waals surface area contributed by atoms with Gasteiger partial charge < -0.3 is 14.6 Å². The van der Waals surface area contributed by atoms with Gasteiger partial charge in [-0.1, -0.05) is 27.2 Å². The Bertz CT molecular complexity index is 334. The van der Waals surface area contributed by atoms with Crippen LogP contribution in [0, 0.1) is 6.92 Å². The van der Waals surface area contributed by atoms with Gasteiger partial charge in [-0.05, 0) is 13.3 Å². The van der Waals surface area contributed by atoms with Crippen molar-refractivity contribution < 1.29 is 4.74 Å². The van der Waals surface area contributed by atoms with E-state index >= 15 is 0 Å². The fraction of sp³-hybridized carbons (Fsp3) is 0.786. The highest BCUT2D eigenvalue weighted by molar-refractivity contribution is 5.04. The van der Waals surface area contributed by atoms with Crippen molar-refractivity contribution in [1.82, 2.24) is 14.9 Å². The first-order valence-electron chi connectivity index (χ1n) is 6.97. The first-order valence-corrected chi connectivity index (χ1v) is 6.97. The third-order valence-electron chi connectivity index (χ3n) is 2.93. The van der Waals surface area contributed by atoms with Crippen LogP contribution in [0.25, 0.3) is 0 Å². The first kappa shape index (κ1) is 15.2. The molecule has 4 nitrogen and oxygen atoms in total.